The number of carbonyl (C=O) groups excluding carboxylic acids is 1. The highest BCUT2D eigenvalue weighted by Crippen LogP contribution is 2.12. The molecule has 5 heteroatoms. The molecule has 0 radical (unpaired) electrons. The van der Waals surface area contributed by atoms with Gasteiger partial charge in [0, 0.05) is 6.92 Å². The average molecular weight is 241 g/mol. The molecule has 4 nitrogen and oxygen atoms in total. The van der Waals surface area contributed by atoms with Gasteiger partial charge in [0.25, 0.3) is 10.0 Å². The van der Waals surface area contributed by atoms with Crippen molar-refractivity contribution in [3.63, 3.8) is 0 Å². The fourth-order valence-corrected chi connectivity index (χ4v) is 2.47. The zero-order valence-corrected chi connectivity index (χ0v) is 10.2. The van der Waals surface area contributed by atoms with Crippen LogP contribution in [0.1, 0.15) is 25.8 Å². The van der Waals surface area contributed by atoms with Gasteiger partial charge in [0.05, 0.1) is 4.90 Å². The highest BCUT2D eigenvalue weighted by molar-refractivity contribution is 7.90. The lowest BCUT2D eigenvalue weighted by Crippen LogP contribution is -2.28. The summed E-state index contributed by atoms with van der Waals surface area (Å²) in [5.41, 5.74) is 0.953. The fraction of sp³-hybridized carbons (Fsp3) is 0.364. The Bertz CT molecular complexity index is 480. The van der Waals surface area contributed by atoms with Crippen molar-refractivity contribution in [2.75, 3.05) is 0 Å². The van der Waals surface area contributed by atoms with E-state index in [4.69, 9.17) is 0 Å². The molecular formula is C11H15NO3S. The number of aryl methyl sites for hydroxylation is 1. The zero-order chi connectivity index (χ0) is 12.2. The first kappa shape index (κ1) is 12.7. The molecular weight excluding hydrogens is 226 g/mol. The normalized spacial score (nSPS) is 11.1. The first-order chi connectivity index (χ1) is 7.45. The van der Waals surface area contributed by atoms with E-state index in [9.17, 15) is 13.2 Å². The standard InChI is InChI=1S/C11H15NO3S/c1-3-5-10-6-4-7-11(8-10)16(14,15)12-9(2)13/h4,6-8H,3,5H2,1-2H3,(H,12,13). The summed E-state index contributed by atoms with van der Waals surface area (Å²) >= 11 is 0. The van der Waals surface area contributed by atoms with Crippen molar-refractivity contribution < 1.29 is 13.2 Å². The molecule has 16 heavy (non-hydrogen) atoms. The summed E-state index contributed by atoms with van der Waals surface area (Å²) in [7, 11) is -3.70. The van der Waals surface area contributed by atoms with Gasteiger partial charge in [-0.3, -0.25) is 4.79 Å². The van der Waals surface area contributed by atoms with Crippen molar-refractivity contribution in [2.45, 2.75) is 31.6 Å². The van der Waals surface area contributed by atoms with E-state index in [1.807, 2.05) is 17.7 Å². The monoisotopic (exact) mass is 241 g/mol. The van der Waals surface area contributed by atoms with Gasteiger partial charge in [-0.1, -0.05) is 25.5 Å². The van der Waals surface area contributed by atoms with Crippen LogP contribution in [0.4, 0.5) is 0 Å². The smallest absolute Gasteiger partial charge is 0.264 e. The highest BCUT2D eigenvalue weighted by atomic mass is 32.2. The van der Waals surface area contributed by atoms with Gasteiger partial charge in [-0.15, -0.1) is 0 Å². The second kappa shape index (κ2) is 5.12. The number of rotatable bonds is 4. The second-order valence-corrected chi connectivity index (χ2v) is 5.24. The molecule has 0 saturated carbocycles. The molecule has 88 valence electrons. The topological polar surface area (TPSA) is 63.2 Å². The van der Waals surface area contributed by atoms with Gasteiger partial charge < -0.3 is 0 Å². The number of hydrogen-bond acceptors (Lipinski definition) is 3. The third-order valence-electron chi connectivity index (χ3n) is 2.03. The van der Waals surface area contributed by atoms with Crippen LogP contribution in [0.2, 0.25) is 0 Å². The van der Waals surface area contributed by atoms with Crippen molar-refractivity contribution in [3.8, 4) is 0 Å². The molecule has 0 spiro atoms. The van der Waals surface area contributed by atoms with Gasteiger partial charge >= 0.3 is 0 Å². The van der Waals surface area contributed by atoms with Crippen molar-refractivity contribution >= 4 is 15.9 Å². The highest BCUT2D eigenvalue weighted by Gasteiger charge is 2.15. The summed E-state index contributed by atoms with van der Waals surface area (Å²) < 4.78 is 25.3. The Kier molecular flexibility index (Phi) is 4.06. The maximum absolute atomic E-state index is 11.7. The molecule has 0 saturated heterocycles. The van der Waals surface area contributed by atoms with Crippen molar-refractivity contribution in [1.82, 2.24) is 4.72 Å². The molecule has 0 bridgehead atoms. The van der Waals surface area contributed by atoms with E-state index >= 15 is 0 Å². The largest absolute Gasteiger partial charge is 0.274 e. The average Bonchev–Trinajstić information content (AvgIpc) is 2.16. The SMILES string of the molecule is CCCc1cccc(S(=O)(=O)NC(C)=O)c1. The van der Waals surface area contributed by atoms with Crippen LogP contribution in [-0.4, -0.2) is 14.3 Å². The minimum absolute atomic E-state index is 0.133. The van der Waals surface area contributed by atoms with E-state index in [1.165, 1.54) is 13.0 Å². The van der Waals surface area contributed by atoms with Gasteiger partial charge in [-0.2, -0.15) is 0 Å². The molecule has 0 fully saturated rings. The van der Waals surface area contributed by atoms with Gasteiger partial charge in [0.1, 0.15) is 0 Å². The van der Waals surface area contributed by atoms with Crippen LogP contribution >= 0.6 is 0 Å². The van der Waals surface area contributed by atoms with E-state index in [0.717, 1.165) is 18.4 Å². The minimum Gasteiger partial charge on any atom is -0.274 e. The number of amides is 1. The first-order valence-electron chi connectivity index (χ1n) is 5.08. The Balaban J connectivity index is 3.03. The molecule has 0 unspecified atom stereocenters. The van der Waals surface area contributed by atoms with Gasteiger partial charge in [0.2, 0.25) is 5.91 Å². The van der Waals surface area contributed by atoms with Gasteiger partial charge in [0.15, 0.2) is 0 Å². The van der Waals surface area contributed by atoms with Crippen LogP contribution in [0.15, 0.2) is 29.2 Å². The number of nitrogens with one attached hydrogen (secondary N) is 1. The van der Waals surface area contributed by atoms with Crippen molar-refractivity contribution in [2.24, 2.45) is 0 Å². The summed E-state index contributed by atoms with van der Waals surface area (Å²) in [6.07, 6.45) is 1.77. The lowest BCUT2D eigenvalue weighted by molar-refractivity contribution is -0.117. The van der Waals surface area contributed by atoms with Crippen LogP contribution in [0.3, 0.4) is 0 Å². The van der Waals surface area contributed by atoms with Crippen LogP contribution in [-0.2, 0) is 21.2 Å². The molecule has 1 rings (SSSR count). The van der Waals surface area contributed by atoms with Crippen LogP contribution in [0.5, 0.6) is 0 Å². The van der Waals surface area contributed by atoms with E-state index in [2.05, 4.69) is 0 Å². The van der Waals surface area contributed by atoms with Crippen LogP contribution in [0.25, 0.3) is 0 Å². The Morgan fingerprint density at radius 1 is 1.38 bits per heavy atom. The molecule has 0 aliphatic carbocycles. The molecule has 1 amide bonds. The molecule has 0 aliphatic heterocycles. The third kappa shape index (κ3) is 3.34. The van der Waals surface area contributed by atoms with E-state index in [0.29, 0.717) is 0 Å². The number of sulfonamides is 1. The summed E-state index contributed by atoms with van der Waals surface area (Å²) in [4.78, 5) is 10.9. The quantitative estimate of drug-likeness (QED) is 0.868. The molecule has 1 aromatic rings. The number of benzene rings is 1. The van der Waals surface area contributed by atoms with E-state index < -0.39 is 15.9 Å². The lowest BCUT2D eigenvalue weighted by Gasteiger charge is -2.06. The summed E-state index contributed by atoms with van der Waals surface area (Å²) in [5, 5.41) is 0. The lowest BCUT2D eigenvalue weighted by atomic mass is 10.1. The van der Waals surface area contributed by atoms with Crippen LogP contribution in [0, 0.1) is 0 Å². The Labute approximate surface area is 95.7 Å². The van der Waals surface area contributed by atoms with E-state index in [1.54, 1.807) is 12.1 Å². The molecule has 0 aromatic heterocycles. The number of carbonyl (C=O) groups is 1. The maximum Gasteiger partial charge on any atom is 0.264 e. The third-order valence-corrected chi connectivity index (χ3v) is 3.46. The predicted molar refractivity (Wildman–Crippen MR) is 61.4 cm³/mol. The molecule has 0 heterocycles. The number of hydrogen-bond donors (Lipinski definition) is 1. The predicted octanol–water partition coefficient (Wildman–Crippen LogP) is 1.46. The zero-order valence-electron chi connectivity index (χ0n) is 9.36. The summed E-state index contributed by atoms with van der Waals surface area (Å²) in [5.74, 6) is -0.583. The molecule has 0 atom stereocenters. The van der Waals surface area contributed by atoms with Crippen molar-refractivity contribution in [1.29, 1.82) is 0 Å². The molecule has 1 N–H and O–H groups in total. The summed E-state index contributed by atoms with van der Waals surface area (Å²) in [6.45, 7) is 3.20. The Hall–Kier alpha value is -1.36. The first-order valence-corrected chi connectivity index (χ1v) is 6.56. The maximum atomic E-state index is 11.7. The van der Waals surface area contributed by atoms with Crippen LogP contribution < -0.4 is 4.72 Å². The van der Waals surface area contributed by atoms with Crippen molar-refractivity contribution in [3.05, 3.63) is 29.8 Å². The van der Waals surface area contributed by atoms with E-state index in [-0.39, 0.29) is 4.90 Å². The Morgan fingerprint density at radius 3 is 2.62 bits per heavy atom. The second-order valence-electron chi connectivity index (χ2n) is 3.56. The minimum atomic E-state index is -3.70. The summed E-state index contributed by atoms with van der Waals surface area (Å²) in [6, 6.07) is 6.62. The van der Waals surface area contributed by atoms with Gasteiger partial charge in [-0.25, -0.2) is 13.1 Å². The fourth-order valence-electron chi connectivity index (χ4n) is 1.40. The van der Waals surface area contributed by atoms with Gasteiger partial charge in [-0.05, 0) is 24.1 Å². The Morgan fingerprint density at radius 2 is 2.06 bits per heavy atom. The molecule has 1 aromatic carbocycles. The molecule has 0 aliphatic rings.